The SMILES string of the molecule is Cc1cccc(C)c1-n1c(-c2ccc3c(c2)oc2c4ccccc4oc32)nc2ccccc21. The molecule has 0 aliphatic heterocycles. The highest BCUT2D eigenvalue weighted by Crippen LogP contribution is 2.39. The second-order valence-corrected chi connectivity index (χ2v) is 8.57. The van der Waals surface area contributed by atoms with Crippen molar-refractivity contribution in [3.63, 3.8) is 0 Å². The molecule has 0 aliphatic carbocycles. The van der Waals surface area contributed by atoms with E-state index < -0.39 is 0 Å². The number of nitrogens with zero attached hydrogens (tertiary/aromatic N) is 2. The second kappa shape index (κ2) is 6.59. The first kappa shape index (κ1) is 18.3. The van der Waals surface area contributed by atoms with Gasteiger partial charge in [-0.25, -0.2) is 4.98 Å². The van der Waals surface area contributed by atoms with Crippen LogP contribution in [0, 0.1) is 13.8 Å². The predicted molar refractivity (Wildman–Crippen MR) is 133 cm³/mol. The molecule has 158 valence electrons. The molecule has 33 heavy (non-hydrogen) atoms. The summed E-state index contributed by atoms with van der Waals surface area (Å²) in [5, 5.41) is 1.97. The maximum atomic E-state index is 6.30. The first-order chi connectivity index (χ1) is 16.2. The summed E-state index contributed by atoms with van der Waals surface area (Å²) in [5.41, 5.74) is 9.87. The van der Waals surface area contributed by atoms with Crippen molar-refractivity contribution in [2.45, 2.75) is 13.8 Å². The lowest BCUT2D eigenvalue weighted by Gasteiger charge is -2.15. The van der Waals surface area contributed by atoms with Crippen molar-refractivity contribution in [1.29, 1.82) is 0 Å². The van der Waals surface area contributed by atoms with Gasteiger partial charge in [0.1, 0.15) is 17.0 Å². The number of fused-ring (bicyclic) bond motifs is 6. The number of para-hydroxylation sites is 4. The summed E-state index contributed by atoms with van der Waals surface area (Å²) >= 11 is 0. The Labute approximate surface area is 189 Å². The standard InChI is InChI=1S/C29H20N2O2/c1-17-8-7-9-18(2)26(17)31-23-12-5-4-11-22(23)30-29(31)19-14-15-21-25(16-19)33-27-20-10-3-6-13-24(20)32-28(21)27/h3-16H,1-2H3. The second-order valence-electron chi connectivity index (χ2n) is 8.57. The number of aromatic nitrogens is 2. The van der Waals surface area contributed by atoms with E-state index in [1.807, 2.05) is 30.3 Å². The lowest BCUT2D eigenvalue weighted by atomic mass is 10.1. The Morgan fingerprint density at radius 3 is 2.21 bits per heavy atom. The lowest BCUT2D eigenvalue weighted by Crippen LogP contribution is -2.02. The van der Waals surface area contributed by atoms with Crippen molar-refractivity contribution in [3.05, 3.63) is 96.1 Å². The monoisotopic (exact) mass is 428 g/mol. The summed E-state index contributed by atoms with van der Waals surface area (Å²) in [5.74, 6) is 0.897. The highest BCUT2D eigenvalue weighted by atomic mass is 16.4. The van der Waals surface area contributed by atoms with Crippen LogP contribution in [0.25, 0.3) is 61.2 Å². The topological polar surface area (TPSA) is 44.1 Å². The Balaban J connectivity index is 1.52. The Morgan fingerprint density at radius 1 is 0.667 bits per heavy atom. The molecule has 3 aromatic heterocycles. The summed E-state index contributed by atoms with van der Waals surface area (Å²) in [7, 11) is 0. The number of benzene rings is 4. The van der Waals surface area contributed by atoms with E-state index in [1.165, 1.54) is 16.8 Å². The minimum absolute atomic E-state index is 0.793. The fourth-order valence-corrected chi connectivity index (χ4v) is 4.95. The molecule has 0 atom stereocenters. The molecule has 4 aromatic carbocycles. The van der Waals surface area contributed by atoms with Gasteiger partial charge in [-0.3, -0.25) is 4.57 Å². The lowest BCUT2D eigenvalue weighted by molar-refractivity contribution is 0.653. The van der Waals surface area contributed by atoms with Crippen LogP contribution in [0.1, 0.15) is 11.1 Å². The van der Waals surface area contributed by atoms with Crippen LogP contribution in [0.15, 0.2) is 93.8 Å². The molecule has 0 saturated heterocycles. The molecule has 0 fully saturated rings. The van der Waals surface area contributed by atoms with Gasteiger partial charge < -0.3 is 8.83 Å². The molecule has 0 N–H and O–H groups in total. The molecule has 7 aromatic rings. The van der Waals surface area contributed by atoms with Gasteiger partial charge in [-0.1, -0.05) is 48.5 Å². The number of furan rings is 2. The fraction of sp³-hybridized carbons (Fsp3) is 0.0690. The number of hydrogen-bond donors (Lipinski definition) is 0. The number of hydrogen-bond acceptors (Lipinski definition) is 3. The summed E-state index contributed by atoms with van der Waals surface area (Å²) in [4.78, 5) is 5.04. The highest BCUT2D eigenvalue weighted by molar-refractivity contribution is 6.13. The molecular formula is C29H20N2O2. The third kappa shape index (κ3) is 2.55. The smallest absolute Gasteiger partial charge is 0.181 e. The van der Waals surface area contributed by atoms with E-state index in [1.54, 1.807) is 0 Å². The van der Waals surface area contributed by atoms with Gasteiger partial charge in [-0.2, -0.15) is 0 Å². The van der Waals surface area contributed by atoms with Crippen LogP contribution >= 0.6 is 0 Å². The van der Waals surface area contributed by atoms with Crippen LogP contribution in [0.2, 0.25) is 0 Å². The molecule has 0 radical (unpaired) electrons. The average molecular weight is 428 g/mol. The van der Waals surface area contributed by atoms with E-state index in [2.05, 4.69) is 73.0 Å². The number of aryl methyl sites for hydroxylation is 2. The molecular weight excluding hydrogens is 408 g/mol. The molecule has 0 unspecified atom stereocenters. The van der Waals surface area contributed by atoms with E-state index in [0.29, 0.717) is 0 Å². The zero-order valence-corrected chi connectivity index (χ0v) is 18.3. The summed E-state index contributed by atoms with van der Waals surface area (Å²) in [6.45, 7) is 4.30. The van der Waals surface area contributed by atoms with Crippen molar-refractivity contribution < 1.29 is 8.83 Å². The van der Waals surface area contributed by atoms with E-state index in [4.69, 9.17) is 13.8 Å². The van der Waals surface area contributed by atoms with Gasteiger partial charge in [-0.05, 0) is 61.4 Å². The third-order valence-electron chi connectivity index (χ3n) is 6.47. The van der Waals surface area contributed by atoms with Crippen molar-refractivity contribution in [2.75, 3.05) is 0 Å². The van der Waals surface area contributed by atoms with Gasteiger partial charge in [0.25, 0.3) is 0 Å². The molecule has 0 saturated carbocycles. The van der Waals surface area contributed by atoms with Crippen LogP contribution in [-0.2, 0) is 0 Å². The van der Waals surface area contributed by atoms with Gasteiger partial charge in [-0.15, -0.1) is 0 Å². The Morgan fingerprint density at radius 2 is 1.36 bits per heavy atom. The van der Waals surface area contributed by atoms with Crippen molar-refractivity contribution in [1.82, 2.24) is 9.55 Å². The molecule has 0 amide bonds. The molecule has 0 spiro atoms. The van der Waals surface area contributed by atoms with Crippen LogP contribution in [0.3, 0.4) is 0 Å². The van der Waals surface area contributed by atoms with Crippen molar-refractivity contribution >= 4 is 44.1 Å². The Kier molecular flexibility index (Phi) is 3.65. The van der Waals surface area contributed by atoms with E-state index >= 15 is 0 Å². The Hall–Kier alpha value is -4.31. The first-order valence-corrected chi connectivity index (χ1v) is 11.1. The average Bonchev–Trinajstić information content (AvgIpc) is 3.49. The predicted octanol–water partition coefficient (Wildman–Crippen LogP) is 7.95. The molecule has 0 aliphatic rings. The summed E-state index contributed by atoms with van der Waals surface area (Å²) < 4.78 is 14.7. The van der Waals surface area contributed by atoms with E-state index in [-0.39, 0.29) is 0 Å². The fourth-order valence-electron chi connectivity index (χ4n) is 4.95. The zero-order chi connectivity index (χ0) is 22.1. The van der Waals surface area contributed by atoms with Crippen LogP contribution in [0.5, 0.6) is 0 Å². The van der Waals surface area contributed by atoms with Gasteiger partial charge in [0.2, 0.25) is 0 Å². The molecule has 7 rings (SSSR count). The maximum Gasteiger partial charge on any atom is 0.181 e. The highest BCUT2D eigenvalue weighted by Gasteiger charge is 2.20. The Bertz CT molecular complexity index is 1830. The molecule has 4 nitrogen and oxygen atoms in total. The molecule has 3 heterocycles. The van der Waals surface area contributed by atoms with Crippen molar-refractivity contribution in [3.8, 4) is 17.1 Å². The third-order valence-corrected chi connectivity index (χ3v) is 6.47. The summed E-state index contributed by atoms with van der Waals surface area (Å²) in [6, 6.07) is 28.9. The van der Waals surface area contributed by atoms with Crippen LogP contribution < -0.4 is 0 Å². The number of imidazole rings is 1. The maximum absolute atomic E-state index is 6.30. The van der Waals surface area contributed by atoms with Gasteiger partial charge >= 0.3 is 0 Å². The van der Waals surface area contributed by atoms with E-state index in [0.717, 1.165) is 55.5 Å². The van der Waals surface area contributed by atoms with Gasteiger partial charge in [0.15, 0.2) is 11.2 Å². The molecule has 0 bridgehead atoms. The minimum Gasteiger partial charge on any atom is -0.452 e. The first-order valence-electron chi connectivity index (χ1n) is 11.1. The normalized spacial score (nSPS) is 11.9. The van der Waals surface area contributed by atoms with Crippen molar-refractivity contribution in [2.24, 2.45) is 0 Å². The van der Waals surface area contributed by atoms with Gasteiger partial charge in [0, 0.05) is 5.56 Å². The zero-order valence-electron chi connectivity index (χ0n) is 18.3. The summed E-state index contributed by atoms with van der Waals surface area (Å²) in [6.07, 6.45) is 0. The quantitative estimate of drug-likeness (QED) is 0.281. The largest absolute Gasteiger partial charge is 0.452 e. The molecule has 4 heteroatoms. The minimum atomic E-state index is 0.793. The van der Waals surface area contributed by atoms with E-state index in [9.17, 15) is 0 Å². The van der Waals surface area contributed by atoms with Crippen LogP contribution in [0.4, 0.5) is 0 Å². The van der Waals surface area contributed by atoms with Crippen LogP contribution in [-0.4, -0.2) is 9.55 Å². The van der Waals surface area contributed by atoms with Gasteiger partial charge in [0.05, 0.1) is 27.5 Å². The number of rotatable bonds is 2.